The highest BCUT2D eigenvalue weighted by Gasteiger charge is 2.16. The third kappa shape index (κ3) is 2.98. The fourth-order valence-corrected chi connectivity index (χ4v) is 2.87. The van der Waals surface area contributed by atoms with Crippen LogP contribution < -0.4 is 10.6 Å². The van der Waals surface area contributed by atoms with Gasteiger partial charge in [-0.2, -0.15) is 0 Å². The van der Waals surface area contributed by atoms with E-state index in [0.29, 0.717) is 5.02 Å². The van der Waals surface area contributed by atoms with E-state index in [9.17, 15) is 0 Å². The minimum Gasteiger partial charge on any atom is -0.369 e. The highest BCUT2D eigenvalue weighted by molar-refractivity contribution is 6.31. The van der Waals surface area contributed by atoms with E-state index < -0.39 is 0 Å². The summed E-state index contributed by atoms with van der Waals surface area (Å²) in [5, 5.41) is 7.54. The molecular weight excluding hydrogens is 322 g/mol. The maximum atomic E-state index is 6.13. The van der Waals surface area contributed by atoms with Gasteiger partial charge in [0.15, 0.2) is 0 Å². The van der Waals surface area contributed by atoms with Gasteiger partial charge >= 0.3 is 0 Å². The number of nitrogens with zero attached hydrogens (tertiary/aromatic N) is 2. The number of aliphatic imine (C=N–C) groups is 1. The summed E-state index contributed by atoms with van der Waals surface area (Å²) < 4.78 is 0. The molecule has 2 heterocycles. The summed E-state index contributed by atoms with van der Waals surface area (Å²) in [5.41, 5.74) is 4.91. The number of anilines is 2. The number of rotatable bonds is 3. The molecule has 0 atom stereocenters. The fraction of sp³-hybridized carbons (Fsp3) is 0.111. The Morgan fingerprint density at radius 1 is 1.08 bits per heavy atom. The van der Waals surface area contributed by atoms with E-state index in [4.69, 9.17) is 16.6 Å². The topological polar surface area (TPSA) is 65.1 Å². The van der Waals surface area contributed by atoms with Crippen molar-refractivity contribution in [1.29, 1.82) is 0 Å². The lowest BCUT2D eigenvalue weighted by atomic mass is 10.1. The molecule has 24 heavy (non-hydrogen) atoms. The van der Waals surface area contributed by atoms with Gasteiger partial charge in [-0.15, -0.1) is 0 Å². The van der Waals surface area contributed by atoms with Crippen molar-refractivity contribution in [3.8, 4) is 0 Å². The molecule has 120 valence electrons. The average Bonchev–Trinajstić information content (AvgIpc) is 3.05. The molecule has 1 aliphatic rings. The lowest BCUT2D eigenvalue weighted by Gasteiger charge is -2.11. The van der Waals surface area contributed by atoms with E-state index in [-0.39, 0.29) is 0 Å². The van der Waals surface area contributed by atoms with Crippen LogP contribution in [-0.2, 0) is 6.42 Å². The van der Waals surface area contributed by atoms with Crippen LogP contribution in [0.15, 0.2) is 60.0 Å². The second kappa shape index (κ2) is 6.37. The van der Waals surface area contributed by atoms with Crippen molar-refractivity contribution in [2.24, 2.45) is 4.99 Å². The molecule has 0 spiro atoms. The molecule has 5 nitrogen and oxygen atoms in total. The van der Waals surface area contributed by atoms with E-state index in [1.807, 2.05) is 42.6 Å². The van der Waals surface area contributed by atoms with Crippen LogP contribution in [0.1, 0.15) is 11.3 Å². The predicted octanol–water partition coefficient (Wildman–Crippen LogP) is 4.03. The summed E-state index contributed by atoms with van der Waals surface area (Å²) in [6.45, 7) is 0.755. The second-order valence-electron chi connectivity index (χ2n) is 5.55. The van der Waals surface area contributed by atoms with Gasteiger partial charge in [-0.25, -0.2) is 9.98 Å². The maximum absolute atomic E-state index is 6.13. The van der Waals surface area contributed by atoms with Crippen molar-refractivity contribution in [1.82, 2.24) is 15.3 Å². The molecular formula is C18H16ClN5. The van der Waals surface area contributed by atoms with Crippen LogP contribution in [-0.4, -0.2) is 22.3 Å². The smallest absolute Gasteiger partial charge is 0.136 e. The highest BCUT2D eigenvalue weighted by Crippen LogP contribution is 2.35. The van der Waals surface area contributed by atoms with E-state index in [1.54, 1.807) is 6.33 Å². The molecule has 1 aromatic heterocycles. The number of H-pyrrole nitrogens is 1. The zero-order valence-electron chi connectivity index (χ0n) is 12.9. The number of hydrogen-bond donors (Lipinski definition) is 3. The SMILES string of the molecule is Clc1ccc2c(c1)N=C(NCCc1cnc[nH]1)c1ccccc1N2. The van der Waals surface area contributed by atoms with Crippen LogP contribution in [0.25, 0.3) is 0 Å². The van der Waals surface area contributed by atoms with Gasteiger partial charge in [0.2, 0.25) is 0 Å². The molecule has 0 saturated carbocycles. The zero-order chi connectivity index (χ0) is 16.4. The van der Waals surface area contributed by atoms with Crippen molar-refractivity contribution in [3.63, 3.8) is 0 Å². The molecule has 2 aromatic carbocycles. The molecule has 0 unspecified atom stereocenters. The Morgan fingerprint density at radius 3 is 2.88 bits per heavy atom. The van der Waals surface area contributed by atoms with Gasteiger partial charge in [-0.05, 0) is 30.3 Å². The molecule has 3 N–H and O–H groups in total. The van der Waals surface area contributed by atoms with Gasteiger partial charge < -0.3 is 15.6 Å². The number of aromatic nitrogens is 2. The summed E-state index contributed by atoms with van der Waals surface area (Å²) >= 11 is 6.13. The van der Waals surface area contributed by atoms with E-state index in [1.165, 1.54) is 0 Å². The van der Waals surface area contributed by atoms with Crippen LogP contribution in [0.2, 0.25) is 5.02 Å². The molecule has 0 amide bonds. The molecule has 0 radical (unpaired) electrons. The predicted molar refractivity (Wildman–Crippen MR) is 97.7 cm³/mol. The molecule has 0 bridgehead atoms. The van der Waals surface area contributed by atoms with Gasteiger partial charge in [0.25, 0.3) is 0 Å². The van der Waals surface area contributed by atoms with Crippen LogP contribution in [0.4, 0.5) is 17.1 Å². The van der Waals surface area contributed by atoms with E-state index in [2.05, 4.69) is 26.7 Å². The Labute approximate surface area is 144 Å². The maximum Gasteiger partial charge on any atom is 0.136 e. The Kier molecular flexibility index (Phi) is 3.92. The number of benzene rings is 2. The number of fused-ring (bicyclic) bond motifs is 2. The van der Waals surface area contributed by atoms with E-state index >= 15 is 0 Å². The number of imidazole rings is 1. The summed E-state index contributed by atoms with van der Waals surface area (Å²) in [5.74, 6) is 0.832. The van der Waals surface area contributed by atoms with E-state index in [0.717, 1.165) is 47.1 Å². The first kappa shape index (κ1) is 14.8. The first-order valence-corrected chi connectivity index (χ1v) is 8.13. The molecule has 1 aliphatic heterocycles. The van der Waals surface area contributed by atoms with Crippen LogP contribution >= 0.6 is 11.6 Å². The third-order valence-electron chi connectivity index (χ3n) is 3.89. The molecule has 4 rings (SSSR count). The van der Waals surface area contributed by atoms with Crippen LogP contribution in [0, 0.1) is 0 Å². The summed E-state index contributed by atoms with van der Waals surface area (Å²) in [6.07, 6.45) is 4.37. The molecule has 0 saturated heterocycles. The summed E-state index contributed by atoms with van der Waals surface area (Å²) in [6, 6.07) is 13.8. The minimum absolute atomic E-state index is 0.669. The van der Waals surface area contributed by atoms with Crippen molar-refractivity contribution >= 4 is 34.5 Å². The Bertz CT molecular complexity index is 886. The number of aromatic amines is 1. The van der Waals surface area contributed by atoms with Crippen molar-refractivity contribution in [2.45, 2.75) is 6.42 Å². The number of hydrogen-bond acceptors (Lipinski definition) is 4. The van der Waals surface area contributed by atoms with Gasteiger partial charge in [0, 0.05) is 41.1 Å². The largest absolute Gasteiger partial charge is 0.369 e. The third-order valence-corrected chi connectivity index (χ3v) is 4.12. The standard InChI is InChI=1S/C18H16ClN5/c19-12-5-6-16-17(9-12)24-18(14-3-1-2-4-15(14)23-16)21-8-7-13-10-20-11-22-13/h1-6,9-11,23H,7-8H2,(H,20,22)(H,21,24). The number of nitrogens with one attached hydrogen (secondary N) is 3. The monoisotopic (exact) mass is 337 g/mol. The van der Waals surface area contributed by atoms with Crippen LogP contribution in [0.3, 0.4) is 0 Å². The first-order valence-electron chi connectivity index (χ1n) is 7.75. The average molecular weight is 338 g/mol. The Hall–Kier alpha value is -2.79. The second-order valence-corrected chi connectivity index (χ2v) is 5.98. The number of amidine groups is 1. The lowest BCUT2D eigenvalue weighted by Crippen LogP contribution is -2.26. The zero-order valence-corrected chi connectivity index (χ0v) is 13.6. The normalized spacial score (nSPS) is 12.5. The van der Waals surface area contributed by atoms with Crippen molar-refractivity contribution < 1.29 is 0 Å². The lowest BCUT2D eigenvalue weighted by molar-refractivity contribution is 0.848. The summed E-state index contributed by atoms with van der Waals surface area (Å²) in [7, 11) is 0. The van der Waals surface area contributed by atoms with Gasteiger partial charge in [-0.1, -0.05) is 23.7 Å². The minimum atomic E-state index is 0.669. The fourth-order valence-electron chi connectivity index (χ4n) is 2.70. The number of para-hydroxylation sites is 1. The number of halogens is 1. The van der Waals surface area contributed by atoms with Crippen molar-refractivity contribution in [2.75, 3.05) is 11.9 Å². The molecule has 3 aromatic rings. The van der Waals surface area contributed by atoms with Gasteiger partial charge in [0.1, 0.15) is 5.84 Å². The quantitative estimate of drug-likeness (QED) is 0.676. The van der Waals surface area contributed by atoms with Crippen molar-refractivity contribution in [3.05, 3.63) is 71.3 Å². The Balaban J connectivity index is 1.66. The first-order chi connectivity index (χ1) is 11.8. The molecule has 0 aliphatic carbocycles. The van der Waals surface area contributed by atoms with Gasteiger partial charge in [0.05, 0.1) is 17.7 Å². The molecule has 0 fully saturated rings. The van der Waals surface area contributed by atoms with Crippen LogP contribution in [0.5, 0.6) is 0 Å². The Morgan fingerprint density at radius 2 is 2.00 bits per heavy atom. The summed E-state index contributed by atoms with van der Waals surface area (Å²) in [4.78, 5) is 11.9. The molecule has 6 heteroatoms. The van der Waals surface area contributed by atoms with Gasteiger partial charge in [-0.3, -0.25) is 0 Å². The highest BCUT2D eigenvalue weighted by atomic mass is 35.5.